The van der Waals surface area contributed by atoms with Crippen LogP contribution in [0.2, 0.25) is 0 Å². The number of carbonyl (C=O) groups excluding carboxylic acids is 3. The van der Waals surface area contributed by atoms with Gasteiger partial charge in [-0.15, -0.1) is 0 Å². The van der Waals surface area contributed by atoms with Crippen molar-refractivity contribution in [3.8, 4) is 11.5 Å². The number of amides is 3. The smallest absolute Gasteiger partial charge is 0.257 e. The summed E-state index contributed by atoms with van der Waals surface area (Å²) in [7, 11) is 3.00. The van der Waals surface area contributed by atoms with Gasteiger partial charge in [0.15, 0.2) is 11.5 Å². The number of carbonyl (C=O) groups is 3. The summed E-state index contributed by atoms with van der Waals surface area (Å²) in [5, 5.41) is 5.51. The number of rotatable bonds is 7. The van der Waals surface area contributed by atoms with Crippen molar-refractivity contribution >= 4 is 17.7 Å². The molecule has 2 heterocycles. The fourth-order valence-corrected chi connectivity index (χ4v) is 3.31. The predicted octanol–water partition coefficient (Wildman–Crippen LogP) is 1.45. The van der Waals surface area contributed by atoms with E-state index in [-0.39, 0.29) is 30.3 Å². The van der Waals surface area contributed by atoms with Gasteiger partial charge in [0.05, 0.1) is 32.6 Å². The van der Waals surface area contributed by atoms with Crippen LogP contribution in [-0.2, 0) is 4.79 Å². The van der Waals surface area contributed by atoms with Crippen molar-refractivity contribution < 1.29 is 28.3 Å². The van der Waals surface area contributed by atoms with E-state index < -0.39 is 0 Å². The highest BCUT2D eigenvalue weighted by atomic mass is 16.5. The number of likely N-dealkylation sites (tertiary alicyclic amines) is 1. The number of ether oxygens (including phenoxy) is 2. The molecule has 0 bridgehead atoms. The summed E-state index contributed by atoms with van der Waals surface area (Å²) in [6.45, 7) is 0.960. The third-order valence-electron chi connectivity index (χ3n) is 4.97. The van der Waals surface area contributed by atoms with Gasteiger partial charge in [0.2, 0.25) is 5.91 Å². The molecule has 160 valence electrons. The fourth-order valence-electron chi connectivity index (χ4n) is 3.31. The van der Waals surface area contributed by atoms with Gasteiger partial charge >= 0.3 is 0 Å². The van der Waals surface area contributed by atoms with Gasteiger partial charge in [-0.1, -0.05) is 0 Å². The highest BCUT2D eigenvalue weighted by Crippen LogP contribution is 2.27. The lowest BCUT2D eigenvalue weighted by atomic mass is 10.0. The lowest BCUT2D eigenvalue weighted by Gasteiger charge is -2.32. The van der Waals surface area contributed by atoms with Gasteiger partial charge in [-0.2, -0.15) is 0 Å². The minimum atomic E-state index is -0.383. The molecule has 0 radical (unpaired) electrons. The average molecular weight is 415 g/mol. The lowest BCUT2D eigenvalue weighted by Crippen LogP contribution is -2.48. The molecule has 3 rings (SSSR count). The predicted molar refractivity (Wildman–Crippen MR) is 108 cm³/mol. The fraction of sp³-hybridized carbons (Fsp3) is 0.381. The van der Waals surface area contributed by atoms with Crippen LogP contribution in [0.4, 0.5) is 0 Å². The first kappa shape index (κ1) is 21.2. The van der Waals surface area contributed by atoms with Crippen LogP contribution in [0.15, 0.2) is 41.2 Å². The van der Waals surface area contributed by atoms with Gasteiger partial charge in [0.25, 0.3) is 11.8 Å². The Bertz CT molecular complexity index is 888. The SMILES string of the molecule is COc1ccc(C(=O)NCC(=O)NC2CCN(C(=O)c3ccoc3)CC2)cc1OC. The van der Waals surface area contributed by atoms with Crippen LogP contribution < -0.4 is 20.1 Å². The van der Waals surface area contributed by atoms with Crippen molar-refractivity contribution in [2.45, 2.75) is 18.9 Å². The maximum atomic E-state index is 12.3. The first-order valence-corrected chi connectivity index (χ1v) is 9.63. The average Bonchev–Trinajstić information content (AvgIpc) is 3.32. The molecule has 1 saturated heterocycles. The summed E-state index contributed by atoms with van der Waals surface area (Å²) in [5.41, 5.74) is 0.891. The zero-order chi connectivity index (χ0) is 21.5. The monoisotopic (exact) mass is 415 g/mol. The normalized spacial score (nSPS) is 14.1. The standard InChI is InChI=1S/C21H25N3O6/c1-28-17-4-3-14(11-18(17)29-2)20(26)22-12-19(25)23-16-5-8-24(9-6-16)21(27)15-7-10-30-13-15/h3-4,7,10-11,13,16H,5-6,8-9,12H2,1-2H3,(H,22,26)(H,23,25). The Morgan fingerprint density at radius 2 is 1.80 bits per heavy atom. The van der Waals surface area contributed by atoms with Gasteiger partial charge in [0.1, 0.15) is 6.26 Å². The topological polar surface area (TPSA) is 110 Å². The van der Waals surface area contributed by atoms with E-state index in [4.69, 9.17) is 13.9 Å². The molecule has 0 saturated carbocycles. The molecular formula is C21H25N3O6. The zero-order valence-electron chi connectivity index (χ0n) is 17.0. The zero-order valence-corrected chi connectivity index (χ0v) is 17.0. The summed E-state index contributed by atoms with van der Waals surface area (Å²) < 4.78 is 15.3. The van der Waals surface area contributed by atoms with Crippen molar-refractivity contribution in [1.29, 1.82) is 0 Å². The molecular weight excluding hydrogens is 390 g/mol. The Balaban J connectivity index is 1.43. The largest absolute Gasteiger partial charge is 0.493 e. The molecule has 9 nitrogen and oxygen atoms in total. The molecule has 1 aromatic heterocycles. The molecule has 0 atom stereocenters. The second-order valence-corrected chi connectivity index (χ2v) is 6.90. The van der Waals surface area contributed by atoms with Gasteiger partial charge < -0.3 is 29.4 Å². The van der Waals surface area contributed by atoms with E-state index in [1.54, 1.807) is 29.2 Å². The number of nitrogens with zero attached hydrogens (tertiary/aromatic N) is 1. The quantitative estimate of drug-likeness (QED) is 0.708. The molecule has 9 heteroatoms. The Kier molecular flexibility index (Phi) is 6.95. The van der Waals surface area contributed by atoms with E-state index in [1.807, 2.05) is 0 Å². The Morgan fingerprint density at radius 3 is 2.43 bits per heavy atom. The van der Waals surface area contributed by atoms with E-state index in [0.717, 1.165) is 0 Å². The number of hydrogen-bond donors (Lipinski definition) is 2. The molecule has 2 N–H and O–H groups in total. The van der Waals surface area contributed by atoms with Crippen molar-refractivity contribution in [1.82, 2.24) is 15.5 Å². The molecule has 1 aromatic carbocycles. The van der Waals surface area contributed by atoms with Crippen molar-refractivity contribution in [2.75, 3.05) is 33.9 Å². The van der Waals surface area contributed by atoms with Crippen LogP contribution in [0.1, 0.15) is 33.6 Å². The summed E-state index contributed by atoms with van der Waals surface area (Å²) in [5.74, 6) is 0.224. The summed E-state index contributed by atoms with van der Waals surface area (Å²) in [6.07, 6.45) is 4.20. The summed E-state index contributed by atoms with van der Waals surface area (Å²) in [4.78, 5) is 38.6. The maximum Gasteiger partial charge on any atom is 0.257 e. The number of piperidine rings is 1. The highest BCUT2D eigenvalue weighted by Gasteiger charge is 2.25. The first-order chi connectivity index (χ1) is 14.5. The molecule has 1 aliphatic heterocycles. The minimum absolute atomic E-state index is 0.0381. The molecule has 3 amide bonds. The van der Waals surface area contributed by atoms with Crippen LogP contribution in [0.25, 0.3) is 0 Å². The van der Waals surface area contributed by atoms with E-state index in [2.05, 4.69) is 10.6 Å². The van der Waals surface area contributed by atoms with E-state index in [0.29, 0.717) is 48.6 Å². The Morgan fingerprint density at radius 1 is 1.07 bits per heavy atom. The van der Waals surface area contributed by atoms with Gasteiger partial charge in [0, 0.05) is 24.7 Å². The highest BCUT2D eigenvalue weighted by molar-refractivity contribution is 5.97. The van der Waals surface area contributed by atoms with E-state index in [9.17, 15) is 14.4 Å². The Hall–Kier alpha value is -3.49. The minimum Gasteiger partial charge on any atom is -0.493 e. The molecule has 1 fully saturated rings. The van der Waals surface area contributed by atoms with Crippen LogP contribution >= 0.6 is 0 Å². The third kappa shape index (κ3) is 5.11. The number of methoxy groups -OCH3 is 2. The van der Waals surface area contributed by atoms with Crippen molar-refractivity contribution in [3.63, 3.8) is 0 Å². The molecule has 0 spiro atoms. The number of hydrogen-bond acceptors (Lipinski definition) is 6. The molecule has 0 unspecified atom stereocenters. The second-order valence-electron chi connectivity index (χ2n) is 6.90. The number of furan rings is 1. The molecule has 30 heavy (non-hydrogen) atoms. The van der Waals surface area contributed by atoms with Crippen LogP contribution in [0, 0.1) is 0 Å². The second kappa shape index (κ2) is 9.82. The third-order valence-corrected chi connectivity index (χ3v) is 4.97. The first-order valence-electron chi connectivity index (χ1n) is 9.63. The van der Waals surface area contributed by atoms with Crippen molar-refractivity contribution in [3.05, 3.63) is 47.9 Å². The van der Waals surface area contributed by atoms with Gasteiger partial charge in [-0.05, 0) is 37.1 Å². The Labute approximate surface area is 174 Å². The molecule has 2 aromatic rings. The summed E-state index contributed by atoms with van der Waals surface area (Å²) in [6, 6.07) is 6.38. The van der Waals surface area contributed by atoms with E-state index >= 15 is 0 Å². The van der Waals surface area contributed by atoms with Crippen LogP contribution in [-0.4, -0.2) is 62.5 Å². The van der Waals surface area contributed by atoms with Gasteiger partial charge in [-0.25, -0.2) is 0 Å². The maximum absolute atomic E-state index is 12.3. The lowest BCUT2D eigenvalue weighted by molar-refractivity contribution is -0.121. The molecule has 1 aliphatic rings. The van der Waals surface area contributed by atoms with Gasteiger partial charge in [-0.3, -0.25) is 14.4 Å². The van der Waals surface area contributed by atoms with Crippen LogP contribution in [0.5, 0.6) is 11.5 Å². The number of benzene rings is 1. The number of nitrogens with one attached hydrogen (secondary N) is 2. The summed E-state index contributed by atoms with van der Waals surface area (Å²) >= 11 is 0. The molecule has 0 aliphatic carbocycles. The van der Waals surface area contributed by atoms with Crippen LogP contribution in [0.3, 0.4) is 0 Å². The van der Waals surface area contributed by atoms with Crippen molar-refractivity contribution in [2.24, 2.45) is 0 Å². The van der Waals surface area contributed by atoms with E-state index in [1.165, 1.54) is 26.7 Å².